The number of carbonyl (C=O) groups is 1. The van der Waals surface area contributed by atoms with Crippen molar-refractivity contribution in [2.75, 3.05) is 5.75 Å². The number of halogens is 1. The van der Waals surface area contributed by atoms with Gasteiger partial charge in [0.15, 0.2) is 0 Å². The van der Waals surface area contributed by atoms with Gasteiger partial charge in [0.05, 0.1) is 5.92 Å². The molecule has 0 spiro atoms. The van der Waals surface area contributed by atoms with Crippen LogP contribution < -0.4 is 0 Å². The molecule has 0 aliphatic heterocycles. The second-order valence-corrected chi connectivity index (χ2v) is 5.29. The first-order valence-electron chi connectivity index (χ1n) is 5.06. The summed E-state index contributed by atoms with van der Waals surface area (Å²) in [6, 6.07) is 5.94. The molecule has 0 saturated heterocycles. The summed E-state index contributed by atoms with van der Waals surface area (Å²) in [5.74, 6) is 0.313. The molecular formula is C12H15ClO2S. The third-order valence-electron chi connectivity index (χ3n) is 2.26. The smallest absolute Gasteiger partial charge is 0.307 e. The first kappa shape index (κ1) is 13.4. The lowest BCUT2D eigenvalue weighted by molar-refractivity contribution is -0.140. The topological polar surface area (TPSA) is 37.3 Å². The van der Waals surface area contributed by atoms with E-state index < -0.39 is 5.97 Å². The molecular weight excluding hydrogens is 244 g/mol. The number of rotatable bonds is 5. The van der Waals surface area contributed by atoms with Crippen LogP contribution >= 0.6 is 23.4 Å². The maximum atomic E-state index is 10.6. The zero-order chi connectivity index (χ0) is 12.1. The molecule has 1 aromatic carbocycles. The lowest BCUT2D eigenvalue weighted by Gasteiger charge is -2.07. The van der Waals surface area contributed by atoms with Crippen molar-refractivity contribution in [3.8, 4) is 0 Å². The molecule has 0 heterocycles. The predicted molar refractivity (Wildman–Crippen MR) is 69.2 cm³/mol. The molecule has 88 valence electrons. The molecule has 1 rings (SSSR count). The summed E-state index contributed by atoms with van der Waals surface area (Å²) in [7, 11) is 0. The summed E-state index contributed by atoms with van der Waals surface area (Å²) in [6.45, 7) is 3.71. The molecule has 0 fully saturated rings. The zero-order valence-corrected chi connectivity index (χ0v) is 10.9. The molecule has 0 amide bonds. The van der Waals surface area contributed by atoms with Crippen LogP contribution in [0, 0.1) is 12.8 Å². The van der Waals surface area contributed by atoms with E-state index in [1.54, 1.807) is 18.7 Å². The van der Waals surface area contributed by atoms with Crippen LogP contribution in [0.4, 0.5) is 0 Å². The van der Waals surface area contributed by atoms with Gasteiger partial charge in [-0.3, -0.25) is 4.79 Å². The van der Waals surface area contributed by atoms with E-state index in [1.165, 1.54) is 0 Å². The lowest BCUT2D eigenvalue weighted by atomic mass is 10.2. The summed E-state index contributed by atoms with van der Waals surface area (Å²) in [5, 5.41) is 9.49. The van der Waals surface area contributed by atoms with Crippen molar-refractivity contribution < 1.29 is 9.90 Å². The molecule has 4 heteroatoms. The number of benzene rings is 1. The number of hydrogen-bond acceptors (Lipinski definition) is 2. The fraction of sp³-hybridized carbons (Fsp3) is 0.417. The minimum atomic E-state index is -0.748. The van der Waals surface area contributed by atoms with Crippen LogP contribution in [0.3, 0.4) is 0 Å². The standard InChI is InChI=1S/C12H15ClO2S/c1-8-3-4-10(11(13)5-8)7-16-6-9(2)12(14)15/h3-5,9H,6-7H2,1-2H3,(H,14,15). The fourth-order valence-electron chi connectivity index (χ4n) is 1.19. The Morgan fingerprint density at radius 3 is 2.81 bits per heavy atom. The summed E-state index contributed by atoms with van der Waals surface area (Å²) < 4.78 is 0. The Bertz CT molecular complexity index is 379. The molecule has 1 atom stereocenters. The van der Waals surface area contributed by atoms with E-state index in [0.29, 0.717) is 5.75 Å². The number of aryl methyl sites for hydroxylation is 1. The van der Waals surface area contributed by atoms with Gasteiger partial charge in [0.2, 0.25) is 0 Å². The molecule has 0 bridgehead atoms. The maximum Gasteiger partial charge on any atom is 0.307 e. The minimum absolute atomic E-state index is 0.311. The van der Waals surface area contributed by atoms with Crippen molar-refractivity contribution in [3.05, 3.63) is 34.3 Å². The molecule has 16 heavy (non-hydrogen) atoms. The van der Waals surface area contributed by atoms with Crippen LogP contribution in [0.25, 0.3) is 0 Å². The monoisotopic (exact) mass is 258 g/mol. The Labute approximate surface area is 105 Å². The number of carboxylic acid groups (broad SMARTS) is 1. The van der Waals surface area contributed by atoms with Gasteiger partial charge in [0.25, 0.3) is 0 Å². The summed E-state index contributed by atoms with van der Waals surface area (Å²) >= 11 is 7.68. The number of thioether (sulfide) groups is 1. The van der Waals surface area contributed by atoms with E-state index in [1.807, 2.05) is 25.1 Å². The Hall–Kier alpha value is -0.670. The normalized spacial score (nSPS) is 12.4. The Balaban J connectivity index is 2.46. The van der Waals surface area contributed by atoms with Crippen molar-refractivity contribution in [2.45, 2.75) is 19.6 Å². The lowest BCUT2D eigenvalue weighted by Crippen LogP contribution is -2.11. The maximum absolute atomic E-state index is 10.6. The van der Waals surface area contributed by atoms with E-state index in [-0.39, 0.29) is 5.92 Å². The largest absolute Gasteiger partial charge is 0.481 e. The highest BCUT2D eigenvalue weighted by Crippen LogP contribution is 2.23. The van der Waals surface area contributed by atoms with Gasteiger partial charge in [-0.05, 0) is 24.1 Å². The van der Waals surface area contributed by atoms with Crippen molar-refractivity contribution in [1.82, 2.24) is 0 Å². The summed E-state index contributed by atoms with van der Waals surface area (Å²) in [6.07, 6.45) is 0. The Kier molecular flexibility index (Phi) is 5.16. The molecule has 1 aromatic rings. The van der Waals surface area contributed by atoms with E-state index in [9.17, 15) is 4.79 Å². The van der Waals surface area contributed by atoms with Crippen molar-refractivity contribution >= 4 is 29.3 Å². The van der Waals surface area contributed by atoms with Gasteiger partial charge in [0.1, 0.15) is 0 Å². The van der Waals surface area contributed by atoms with E-state index in [0.717, 1.165) is 21.9 Å². The van der Waals surface area contributed by atoms with Gasteiger partial charge in [-0.2, -0.15) is 11.8 Å². The molecule has 0 aliphatic carbocycles. The van der Waals surface area contributed by atoms with Gasteiger partial charge < -0.3 is 5.11 Å². The molecule has 0 aliphatic rings. The number of aliphatic carboxylic acids is 1. The second-order valence-electron chi connectivity index (χ2n) is 3.85. The number of hydrogen-bond donors (Lipinski definition) is 1. The van der Waals surface area contributed by atoms with Crippen LogP contribution in [0.2, 0.25) is 5.02 Å². The Morgan fingerprint density at radius 1 is 1.56 bits per heavy atom. The minimum Gasteiger partial charge on any atom is -0.481 e. The van der Waals surface area contributed by atoms with Crippen LogP contribution in [0.15, 0.2) is 18.2 Å². The van der Waals surface area contributed by atoms with E-state index >= 15 is 0 Å². The molecule has 0 radical (unpaired) electrons. The highest BCUT2D eigenvalue weighted by molar-refractivity contribution is 7.98. The van der Waals surface area contributed by atoms with E-state index in [4.69, 9.17) is 16.7 Å². The summed E-state index contributed by atoms with van der Waals surface area (Å²) in [5.41, 5.74) is 2.20. The molecule has 1 unspecified atom stereocenters. The fourth-order valence-corrected chi connectivity index (χ4v) is 2.65. The quantitative estimate of drug-likeness (QED) is 0.877. The van der Waals surface area contributed by atoms with Crippen molar-refractivity contribution in [1.29, 1.82) is 0 Å². The van der Waals surface area contributed by atoms with Crippen LogP contribution in [0.1, 0.15) is 18.1 Å². The van der Waals surface area contributed by atoms with Gasteiger partial charge in [-0.25, -0.2) is 0 Å². The van der Waals surface area contributed by atoms with Gasteiger partial charge in [-0.15, -0.1) is 0 Å². The zero-order valence-electron chi connectivity index (χ0n) is 9.37. The first-order chi connectivity index (χ1) is 7.50. The average Bonchev–Trinajstić information content (AvgIpc) is 2.20. The van der Waals surface area contributed by atoms with Gasteiger partial charge >= 0.3 is 5.97 Å². The highest BCUT2D eigenvalue weighted by Gasteiger charge is 2.10. The molecule has 1 N–H and O–H groups in total. The van der Waals surface area contributed by atoms with E-state index in [2.05, 4.69) is 0 Å². The van der Waals surface area contributed by atoms with Crippen LogP contribution in [-0.4, -0.2) is 16.8 Å². The molecule has 2 nitrogen and oxygen atoms in total. The average molecular weight is 259 g/mol. The second kappa shape index (κ2) is 6.16. The highest BCUT2D eigenvalue weighted by atomic mass is 35.5. The third kappa shape index (κ3) is 4.06. The van der Waals surface area contributed by atoms with Crippen LogP contribution in [0.5, 0.6) is 0 Å². The summed E-state index contributed by atoms with van der Waals surface area (Å²) in [4.78, 5) is 10.6. The first-order valence-corrected chi connectivity index (χ1v) is 6.59. The van der Waals surface area contributed by atoms with Crippen molar-refractivity contribution in [2.24, 2.45) is 5.92 Å². The Morgan fingerprint density at radius 2 is 2.25 bits per heavy atom. The SMILES string of the molecule is Cc1ccc(CSCC(C)C(=O)O)c(Cl)c1. The molecule has 0 aromatic heterocycles. The third-order valence-corrected chi connectivity index (χ3v) is 3.86. The van der Waals surface area contributed by atoms with Crippen molar-refractivity contribution in [3.63, 3.8) is 0 Å². The molecule has 0 saturated carbocycles. The van der Waals surface area contributed by atoms with Crippen LogP contribution in [-0.2, 0) is 10.5 Å². The van der Waals surface area contributed by atoms with Gasteiger partial charge in [-0.1, -0.05) is 30.7 Å². The van der Waals surface area contributed by atoms with Gasteiger partial charge in [0, 0.05) is 16.5 Å². The predicted octanol–water partition coefficient (Wildman–Crippen LogP) is 3.60. The number of carboxylic acids is 1.